The van der Waals surface area contributed by atoms with Gasteiger partial charge in [-0.1, -0.05) is 6.07 Å². The van der Waals surface area contributed by atoms with Crippen LogP contribution in [0.25, 0.3) is 0 Å². The molecule has 0 unspecified atom stereocenters. The van der Waals surface area contributed by atoms with E-state index in [1.54, 1.807) is 28.4 Å². The van der Waals surface area contributed by atoms with Gasteiger partial charge in [-0.15, -0.1) is 0 Å². The zero-order chi connectivity index (χ0) is 17.8. The van der Waals surface area contributed by atoms with Gasteiger partial charge in [0.15, 0.2) is 23.0 Å². The molecule has 2 aromatic carbocycles. The van der Waals surface area contributed by atoms with Crippen molar-refractivity contribution in [3.8, 4) is 23.0 Å². The normalized spacial score (nSPS) is 12.9. The summed E-state index contributed by atoms with van der Waals surface area (Å²) in [5, 5.41) is 0. The quantitative estimate of drug-likeness (QED) is 0.809. The van der Waals surface area contributed by atoms with Crippen LogP contribution in [0.15, 0.2) is 35.3 Å². The van der Waals surface area contributed by atoms with Crippen LogP contribution >= 0.6 is 0 Å². The lowest BCUT2D eigenvalue weighted by atomic mass is 9.93. The van der Waals surface area contributed by atoms with Crippen LogP contribution < -0.4 is 18.9 Å². The molecule has 1 aliphatic heterocycles. The van der Waals surface area contributed by atoms with Crippen LogP contribution in [0.4, 0.5) is 0 Å². The number of nitrogens with zero attached hydrogens (tertiary/aromatic N) is 1. The molecular weight excluding hydrogens is 318 g/mol. The van der Waals surface area contributed by atoms with E-state index < -0.39 is 0 Å². The Hall–Kier alpha value is -2.69. The lowest BCUT2D eigenvalue weighted by Gasteiger charge is -2.20. The summed E-state index contributed by atoms with van der Waals surface area (Å²) in [6.45, 7) is 0.783. The third kappa shape index (κ3) is 3.40. The first-order valence-corrected chi connectivity index (χ1v) is 8.19. The Morgan fingerprint density at radius 3 is 2.12 bits per heavy atom. The van der Waals surface area contributed by atoms with Gasteiger partial charge in [0.2, 0.25) is 0 Å². The van der Waals surface area contributed by atoms with Crippen LogP contribution in [0.3, 0.4) is 0 Å². The van der Waals surface area contributed by atoms with E-state index in [1.165, 1.54) is 5.56 Å². The number of methoxy groups -OCH3 is 4. The lowest BCUT2D eigenvalue weighted by molar-refractivity contribution is 0.354. The van der Waals surface area contributed by atoms with Gasteiger partial charge in [0.25, 0.3) is 0 Å². The van der Waals surface area contributed by atoms with Crippen LogP contribution in [-0.2, 0) is 12.8 Å². The molecule has 0 amide bonds. The highest BCUT2D eigenvalue weighted by Crippen LogP contribution is 2.34. The van der Waals surface area contributed by atoms with Crippen LogP contribution in [0, 0.1) is 0 Å². The number of fused-ring (bicyclic) bond motifs is 1. The molecule has 0 radical (unpaired) electrons. The number of hydrogen-bond donors (Lipinski definition) is 0. The maximum Gasteiger partial charge on any atom is 0.161 e. The second-order valence-electron chi connectivity index (χ2n) is 5.81. The minimum atomic E-state index is 0.725. The summed E-state index contributed by atoms with van der Waals surface area (Å²) in [5.74, 6) is 2.93. The Morgan fingerprint density at radius 1 is 0.800 bits per heavy atom. The second kappa shape index (κ2) is 7.47. The first-order chi connectivity index (χ1) is 12.2. The summed E-state index contributed by atoms with van der Waals surface area (Å²) >= 11 is 0. The zero-order valence-corrected chi connectivity index (χ0v) is 15.1. The molecule has 3 rings (SSSR count). The van der Waals surface area contributed by atoms with Gasteiger partial charge in [-0.3, -0.25) is 4.99 Å². The lowest BCUT2D eigenvalue weighted by Crippen LogP contribution is -2.16. The Labute approximate surface area is 148 Å². The predicted molar refractivity (Wildman–Crippen MR) is 97.9 cm³/mol. The van der Waals surface area contributed by atoms with Gasteiger partial charge in [-0.05, 0) is 41.8 Å². The Balaban J connectivity index is 1.94. The first-order valence-electron chi connectivity index (χ1n) is 8.19. The van der Waals surface area contributed by atoms with Crippen molar-refractivity contribution >= 4 is 5.71 Å². The largest absolute Gasteiger partial charge is 0.493 e. The molecular formula is C20H23NO4. The molecule has 25 heavy (non-hydrogen) atoms. The van der Waals surface area contributed by atoms with Crippen molar-refractivity contribution in [1.29, 1.82) is 0 Å². The van der Waals surface area contributed by atoms with Crippen molar-refractivity contribution in [2.45, 2.75) is 12.8 Å². The fourth-order valence-corrected chi connectivity index (χ4v) is 3.13. The van der Waals surface area contributed by atoms with Crippen molar-refractivity contribution in [3.63, 3.8) is 0 Å². The third-order valence-corrected chi connectivity index (χ3v) is 4.42. The molecule has 132 valence electrons. The van der Waals surface area contributed by atoms with Gasteiger partial charge in [-0.2, -0.15) is 0 Å². The number of rotatable bonds is 6. The number of benzene rings is 2. The molecule has 0 aromatic heterocycles. The highest BCUT2D eigenvalue weighted by Gasteiger charge is 2.19. The van der Waals surface area contributed by atoms with Gasteiger partial charge < -0.3 is 18.9 Å². The third-order valence-electron chi connectivity index (χ3n) is 4.42. The highest BCUT2D eigenvalue weighted by molar-refractivity contribution is 6.04. The summed E-state index contributed by atoms with van der Waals surface area (Å²) in [5.41, 5.74) is 4.54. The van der Waals surface area contributed by atoms with Crippen LogP contribution in [0.5, 0.6) is 23.0 Å². The van der Waals surface area contributed by atoms with Crippen LogP contribution in [-0.4, -0.2) is 40.7 Å². The average molecular weight is 341 g/mol. The van der Waals surface area contributed by atoms with Crippen molar-refractivity contribution < 1.29 is 18.9 Å². The molecule has 0 saturated heterocycles. The van der Waals surface area contributed by atoms with E-state index in [4.69, 9.17) is 23.9 Å². The summed E-state index contributed by atoms with van der Waals surface area (Å²) in [6.07, 6.45) is 1.63. The number of aliphatic imine (C=N–C) groups is 1. The molecule has 0 atom stereocenters. The minimum Gasteiger partial charge on any atom is -0.493 e. The average Bonchev–Trinajstić information content (AvgIpc) is 2.66. The van der Waals surface area contributed by atoms with E-state index in [0.717, 1.165) is 59.2 Å². The fourth-order valence-electron chi connectivity index (χ4n) is 3.13. The van der Waals surface area contributed by atoms with E-state index in [-0.39, 0.29) is 0 Å². The predicted octanol–water partition coefficient (Wildman–Crippen LogP) is 3.31. The van der Waals surface area contributed by atoms with E-state index in [9.17, 15) is 0 Å². The number of hydrogen-bond acceptors (Lipinski definition) is 5. The fraction of sp³-hybridized carbons (Fsp3) is 0.350. The van der Waals surface area contributed by atoms with Crippen molar-refractivity contribution in [2.75, 3.05) is 35.0 Å². The Kier molecular flexibility index (Phi) is 5.12. The van der Waals surface area contributed by atoms with Gasteiger partial charge in [0, 0.05) is 24.2 Å². The molecule has 0 N–H and O–H groups in total. The smallest absolute Gasteiger partial charge is 0.161 e. The van der Waals surface area contributed by atoms with Gasteiger partial charge >= 0.3 is 0 Å². The van der Waals surface area contributed by atoms with Gasteiger partial charge in [-0.25, -0.2) is 0 Å². The standard InChI is InChI=1S/C20H23NO4/c1-22-17-6-5-13(10-18(17)23-2)9-16-15-12-20(25-4)19(24-3)11-14(15)7-8-21-16/h5-6,10-12H,7-9H2,1-4H3. The number of ether oxygens (including phenoxy) is 4. The zero-order valence-electron chi connectivity index (χ0n) is 15.1. The molecule has 5 heteroatoms. The Morgan fingerprint density at radius 2 is 1.44 bits per heavy atom. The molecule has 0 spiro atoms. The van der Waals surface area contributed by atoms with E-state index in [2.05, 4.69) is 6.07 Å². The molecule has 0 saturated carbocycles. The summed E-state index contributed by atoms with van der Waals surface area (Å²) < 4.78 is 21.6. The monoisotopic (exact) mass is 341 g/mol. The molecule has 0 fully saturated rings. The summed E-state index contributed by atoms with van der Waals surface area (Å²) in [6, 6.07) is 10.0. The first kappa shape index (κ1) is 17.1. The van der Waals surface area contributed by atoms with E-state index in [1.807, 2.05) is 24.3 Å². The Bertz CT molecular complexity index is 799. The van der Waals surface area contributed by atoms with Crippen molar-refractivity contribution in [2.24, 2.45) is 4.99 Å². The molecule has 1 aliphatic rings. The van der Waals surface area contributed by atoms with E-state index in [0.29, 0.717) is 0 Å². The topological polar surface area (TPSA) is 49.3 Å². The van der Waals surface area contributed by atoms with Crippen LogP contribution in [0.2, 0.25) is 0 Å². The van der Waals surface area contributed by atoms with Crippen molar-refractivity contribution in [1.82, 2.24) is 0 Å². The molecule has 1 heterocycles. The van der Waals surface area contributed by atoms with Crippen LogP contribution in [0.1, 0.15) is 16.7 Å². The van der Waals surface area contributed by atoms with Crippen molar-refractivity contribution in [3.05, 3.63) is 47.0 Å². The molecule has 0 bridgehead atoms. The van der Waals surface area contributed by atoms with Gasteiger partial charge in [0.1, 0.15) is 0 Å². The SMILES string of the molecule is COc1ccc(CC2=NCCc3cc(OC)c(OC)cc32)cc1OC. The maximum absolute atomic E-state index is 5.45. The maximum atomic E-state index is 5.45. The van der Waals surface area contributed by atoms with E-state index >= 15 is 0 Å². The molecule has 2 aromatic rings. The summed E-state index contributed by atoms with van der Waals surface area (Å²) in [7, 11) is 6.59. The second-order valence-corrected chi connectivity index (χ2v) is 5.81. The molecule has 0 aliphatic carbocycles. The molecule has 5 nitrogen and oxygen atoms in total. The minimum absolute atomic E-state index is 0.725. The summed E-state index contributed by atoms with van der Waals surface area (Å²) in [4.78, 5) is 4.74. The highest BCUT2D eigenvalue weighted by atomic mass is 16.5. The van der Waals surface area contributed by atoms with Gasteiger partial charge in [0.05, 0.1) is 28.4 Å².